The highest BCUT2D eigenvalue weighted by Gasteiger charge is 2.32. The van der Waals surface area contributed by atoms with Crippen LogP contribution in [0, 0.1) is 5.92 Å². The molecule has 1 amide bonds. The Morgan fingerprint density at radius 3 is 2.54 bits per heavy atom. The van der Waals surface area contributed by atoms with Crippen LogP contribution in [0.15, 0.2) is 0 Å². The van der Waals surface area contributed by atoms with Crippen LogP contribution in [0.1, 0.15) is 52.4 Å². The number of hydrogen-bond donors (Lipinski definition) is 1. The third-order valence-corrected chi connectivity index (χ3v) is 5.89. The molecule has 0 aliphatic carbocycles. The van der Waals surface area contributed by atoms with Crippen LogP contribution in [-0.2, 0) is 9.53 Å². The third kappa shape index (κ3) is 4.93. The molecule has 3 aliphatic rings. The molecule has 3 heterocycles. The van der Waals surface area contributed by atoms with Gasteiger partial charge in [0, 0.05) is 38.6 Å². The van der Waals surface area contributed by atoms with Crippen LogP contribution in [0.5, 0.6) is 0 Å². The topological polar surface area (TPSA) is 44.8 Å². The normalized spacial score (nSPS) is 33.1. The molecule has 0 unspecified atom stereocenters. The fourth-order valence-corrected chi connectivity index (χ4v) is 4.73. The molecule has 0 aromatic heterocycles. The molecule has 5 heteroatoms. The summed E-state index contributed by atoms with van der Waals surface area (Å²) in [5, 5.41) is 3.41. The third-order valence-electron chi connectivity index (χ3n) is 5.89. The van der Waals surface area contributed by atoms with Crippen molar-refractivity contribution >= 4 is 5.91 Å². The van der Waals surface area contributed by atoms with Gasteiger partial charge in [-0.15, -0.1) is 0 Å². The van der Waals surface area contributed by atoms with E-state index in [9.17, 15) is 4.79 Å². The Hall–Kier alpha value is -0.650. The van der Waals surface area contributed by atoms with Crippen molar-refractivity contribution in [2.24, 2.45) is 5.92 Å². The van der Waals surface area contributed by atoms with Crippen LogP contribution in [0.25, 0.3) is 0 Å². The van der Waals surface area contributed by atoms with E-state index in [1.165, 1.54) is 25.7 Å². The second kappa shape index (κ2) is 8.63. The van der Waals surface area contributed by atoms with Crippen molar-refractivity contribution in [2.45, 2.75) is 70.6 Å². The minimum absolute atomic E-state index is 0.305. The van der Waals surface area contributed by atoms with E-state index < -0.39 is 0 Å². The van der Waals surface area contributed by atoms with Crippen LogP contribution in [0.3, 0.4) is 0 Å². The van der Waals surface area contributed by atoms with E-state index in [1.807, 2.05) is 0 Å². The molecule has 0 aromatic carbocycles. The number of nitrogens with one attached hydrogen (secondary N) is 1. The Kier molecular flexibility index (Phi) is 6.53. The van der Waals surface area contributed by atoms with Crippen LogP contribution in [-0.4, -0.2) is 73.2 Å². The second-order valence-corrected chi connectivity index (χ2v) is 8.09. The van der Waals surface area contributed by atoms with Gasteiger partial charge in [-0.1, -0.05) is 0 Å². The SMILES string of the molecule is C[C@@H]1CN(C[C@@H]2CCCN2C(=O)CCC2CCNCC2)C[C@H](C)O1. The largest absolute Gasteiger partial charge is 0.373 e. The standard InChI is InChI=1S/C19H35N3O2/c1-15-12-21(13-16(2)24-15)14-18-4-3-11-22(18)19(23)6-5-17-7-9-20-10-8-17/h15-18,20H,3-14H2,1-2H3/t15-,16+,18-/m0/s1. The van der Waals surface area contributed by atoms with Crippen molar-refractivity contribution < 1.29 is 9.53 Å². The van der Waals surface area contributed by atoms with Gasteiger partial charge in [-0.25, -0.2) is 0 Å². The van der Waals surface area contributed by atoms with Gasteiger partial charge in [-0.2, -0.15) is 0 Å². The van der Waals surface area contributed by atoms with Crippen molar-refractivity contribution in [2.75, 3.05) is 39.3 Å². The van der Waals surface area contributed by atoms with Gasteiger partial charge in [-0.05, 0) is 65.0 Å². The van der Waals surface area contributed by atoms with Gasteiger partial charge in [0.2, 0.25) is 5.91 Å². The summed E-state index contributed by atoms with van der Waals surface area (Å²) in [6.45, 7) is 10.5. The van der Waals surface area contributed by atoms with Gasteiger partial charge in [0.1, 0.15) is 0 Å². The summed E-state index contributed by atoms with van der Waals surface area (Å²) >= 11 is 0. The minimum Gasteiger partial charge on any atom is -0.373 e. The summed E-state index contributed by atoms with van der Waals surface area (Å²) in [7, 11) is 0. The lowest BCUT2D eigenvalue weighted by atomic mass is 9.93. The van der Waals surface area contributed by atoms with Crippen molar-refractivity contribution in [3.05, 3.63) is 0 Å². The molecule has 0 aromatic rings. The zero-order chi connectivity index (χ0) is 16.9. The molecule has 138 valence electrons. The molecule has 24 heavy (non-hydrogen) atoms. The Morgan fingerprint density at radius 2 is 1.83 bits per heavy atom. The molecule has 1 N–H and O–H groups in total. The van der Waals surface area contributed by atoms with Gasteiger partial charge >= 0.3 is 0 Å². The van der Waals surface area contributed by atoms with Gasteiger partial charge in [0.05, 0.1) is 12.2 Å². The molecular formula is C19H35N3O2. The summed E-state index contributed by atoms with van der Waals surface area (Å²) in [6, 6.07) is 0.419. The first-order chi connectivity index (χ1) is 11.6. The Labute approximate surface area is 147 Å². The van der Waals surface area contributed by atoms with Gasteiger partial charge in [0.25, 0.3) is 0 Å². The molecule has 3 fully saturated rings. The van der Waals surface area contributed by atoms with E-state index in [0.29, 0.717) is 24.2 Å². The van der Waals surface area contributed by atoms with Crippen molar-refractivity contribution in [3.8, 4) is 0 Å². The first kappa shape index (κ1) is 18.2. The lowest BCUT2D eigenvalue weighted by Gasteiger charge is -2.38. The maximum absolute atomic E-state index is 12.7. The fraction of sp³-hybridized carbons (Fsp3) is 0.947. The number of carbonyl (C=O) groups excluding carboxylic acids is 1. The molecule has 3 atom stereocenters. The summed E-state index contributed by atoms with van der Waals surface area (Å²) in [4.78, 5) is 17.4. The minimum atomic E-state index is 0.305. The first-order valence-electron chi connectivity index (χ1n) is 10.00. The monoisotopic (exact) mass is 337 g/mol. The predicted molar refractivity (Wildman–Crippen MR) is 96.0 cm³/mol. The van der Waals surface area contributed by atoms with E-state index in [1.54, 1.807) is 0 Å². The number of nitrogens with zero attached hydrogens (tertiary/aromatic N) is 2. The zero-order valence-electron chi connectivity index (χ0n) is 15.5. The molecule has 0 saturated carbocycles. The number of hydrogen-bond acceptors (Lipinski definition) is 4. The number of morpholine rings is 1. The van der Waals surface area contributed by atoms with E-state index in [4.69, 9.17) is 4.74 Å². The lowest BCUT2D eigenvalue weighted by Crippen LogP contribution is -2.51. The Bertz CT molecular complexity index is 401. The number of carbonyl (C=O) groups is 1. The van der Waals surface area contributed by atoms with Crippen LogP contribution >= 0.6 is 0 Å². The molecule has 3 rings (SSSR count). The summed E-state index contributed by atoms with van der Waals surface area (Å²) < 4.78 is 5.83. The lowest BCUT2D eigenvalue weighted by molar-refractivity contribution is -0.133. The number of piperidine rings is 1. The first-order valence-corrected chi connectivity index (χ1v) is 10.00. The van der Waals surface area contributed by atoms with Gasteiger partial charge in [-0.3, -0.25) is 9.69 Å². The molecule has 3 aliphatic heterocycles. The average molecular weight is 338 g/mol. The summed E-state index contributed by atoms with van der Waals surface area (Å²) in [6.07, 6.45) is 7.24. The van der Waals surface area contributed by atoms with Crippen LogP contribution < -0.4 is 5.32 Å². The van der Waals surface area contributed by atoms with Crippen molar-refractivity contribution in [3.63, 3.8) is 0 Å². The van der Waals surface area contributed by atoms with E-state index in [0.717, 1.165) is 58.0 Å². The molecule has 5 nitrogen and oxygen atoms in total. The number of ether oxygens (including phenoxy) is 1. The highest BCUT2D eigenvalue weighted by Crippen LogP contribution is 2.24. The maximum Gasteiger partial charge on any atom is 0.222 e. The zero-order valence-corrected chi connectivity index (χ0v) is 15.5. The van der Waals surface area contributed by atoms with Crippen molar-refractivity contribution in [1.29, 1.82) is 0 Å². The predicted octanol–water partition coefficient (Wildman–Crippen LogP) is 1.87. The number of likely N-dealkylation sites (tertiary alicyclic amines) is 1. The number of amides is 1. The highest BCUT2D eigenvalue weighted by atomic mass is 16.5. The molecule has 0 radical (unpaired) electrons. The molecule has 0 spiro atoms. The Balaban J connectivity index is 1.46. The number of rotatable bonds is 5. The van der Waals surface area contributed by atoms with Gasteiger partial charge in [0.15, 0.2) is 0 Å². The average Bonchev–Trinajstić information content (AvgIpc) is 3.01. The Morgan fingerprint density at radius 1 is 1.12 bits per heavy atom. The molecule has 0 bridgehead atoms. The smallest absolute Gasteiger partial charge is 0.222 e. The van der Waals surface area contributed by atoms with E-state index in [-0.39, 0.29) is 0 Å². The highest BCUT2D eigenvalue weighted by molar-refractivity contribution is 5.76. The molecule has 3 saturated heterocycles. The quantitative estimate of drug-likeness (QED) is 0.832. The fourth-order valence-electron chi connectivity index (χ4n) is 4.73. The van der Waals surface area contributed by atoms with Gasteiger partial charge < -0.3 is 15.0 Å². The van der Waals surface area contributed by atoms with Crippen LogP contribution in [0.2, 0.25) is 0 Å². The molecular weight excluding hydrogens is 302 g/mol. The van der Waals surface area contributed by atoms with Crippen LogP contribution in [0.4, 0.5) is 0 Å². The summed E-state index contributed by atoms with van der Waals surface area (Å²) in [5.74, 6) is 1.14. The van der Waals surface area contributed by atoms with E-state index >= 15 is 0 Å². The summed E-state index contributed by atoms with van der Waals surface area (Å²) in [5.41, 5.74) is 0. The van der Waals surface area contributed by atoms with E-state index in [2.05, 4.69) is 29.0 Å². The maximum atomic E-state index is 12.7. The van der Waals surface area contributed by atoms with Crippen molar-refractivity contribution in [1.82, 2.24) is 15.1 Å². The second-order valence-electron chi connectivity index (χ2n) is 8.09.